The monoisotopic (exact) mass is 498 g/mol. The molecule has 1 aromatic carbocycles. The average Bonchev–Trinajstić information content (AvgIpc) is 3.06. The molecule has 1 fully saturated rings. The van der Waals surface area contributed by atoms with Crippen molar-refractivity contribution in [2.45, 2.75) is 70.6 Å². The molecule has 0 bridgehead atoms. The summed E-state index contributed by atoms with van der Waals surface area (Å²) in [5, 5.41) is 12.8. The number of rotatable bonds is 4. The topological polar surface area (TPSA) is 105 Å². The second kappa shape index (κ2) is 9.76. The van der Waals surface area contributed by atoms with Crippen LogP contribution in [-0.4, -0.2) is 55.8 Å². The molecule has 0 spiro atoms. The van der Waals surface area contributed by atoms with Crippen LogP contribution in [-0.2, 0) is 22.3 Å². The first-order chi connectivity index (χ1) is 16.2. The maximum Gasteiger partial charge on any atom is 0.451 e. The van der Waals surface area contributed by atoms with E-state index in [1.54, 1.807) is 27.7 Å². The summed E-state index contributed by atoms with van der Waals surface area (Å²) in [4.78, 5) is 33.2. The van der Waals surface area contributed by atoms with Gasteiger partial charge in [-0.15, -0.1) is 0 Å². The van der Waals surface area contributed by atoms with Gasteiger partial charge in [-0.25, -0.2) is 19.2 Å². The van der Waals surface area contributed by atoms with E-state index in [-0.39, 0.29) is 24.1 Å². The van der Waals surface area contributed by atoms with Crippen LogP contribution in [0.1, 0.15) is 45.5 Å². The number of carbonyl (C=O) groups is 2. The van der Waals surface area contributed by atoms with E-state index in [1.165, 1.54) is 12.1 Å². The Kier molecular flexibility index (Phi) is 7.34. The first-order valence-electron chi connectivity index (χ1n) is 10.8. The highest BCUT2D eigenvalue weighted by Crippen LogP contribution is 2.29. The van der Waals surface area contributed by atoms with Crippen LogP contribution >= 0.6 is 0 Å². The Labute approximate surface area is 199 Å². The van der Waals surface area contributed by atoms with Crippen molar-refractivity contribution in [1.82, 2.24) is 20.2 Å². The summed E-state index contributed by atoms with van der Waals surface area (Å²) in [6, 6.07) is 2.14. The van der Waals surface area contributed by atoms with Gasteiger partial charge in [0, 0.05) is 36.5 Å². The summed E-state index contributed by atoms with van der Waals surface area (Å²) in [7, 11) is 0. The Balaban J connectivity index is 1.74. The molecule has 2 N–H and O–H groups in total. The highest BCUT2D eigenvalue weighted by atomic mass is 19.4. The Morgan fingerprint density at radius 3 is 2.37 bits per heavy atom. The van der Waals surface area contributed by atoms with Gasteiger partial charge in [-0.3, -0.25) is 9.69 Å². The van der Waals surface area contributed by atoms with E-state index in [2.05, 4.69) is 15.3 Å². The zero-order valence-corrected chi connectivity index (χ0v) is 19.6. The van der Waals surface area contributed by atoms with Gasteiger partial charge in [0.1, 0.15) is 17.5 Å². The van der Waals surface area contributed by atoms with Gasteiger partial charge in [0.15, 0.2) is 0 Å². The van der Waals surface area contributed by atoms with Gasteiger partial charge in [0.25, 0.3) is 0 Å². The van der Waals surface area contributed by atoms with E-state index < -0.39 is 53.6 Å². The zero-order chi connectivity index (χ0) is 26.1. The number of carbonyl (C=O) groups excluding carboxylic acids is 2. The highest BCUT2D eigenvalue weighted by Gasteiger charge is 2.45. The SMILES string of the molecule is C[C@H]1[C@@H](O)C[C@@H](C(=O)NCc2cc(-c3cnc(C(F)(F)F)nc3)ccc2F)N1C(=O)OC(C)(C)C. The van der Waals surface area contributed by atoms with Crippen molar-refractivity contribution in [1.29, 1.82) is 0 Å². The Hall–Kier alpha value is -3.28. The average molecular weight is 498 g/mol. The van der Waals surface area contributed by atoms with Crippen LogP contribution < -0.4 is 5.32 Å². The predicted molar refractivity (Wildman–Crippen MR) is 116 cm³/mol. The van der Waals surface area contributed by atoms with Gasteiger partial charge in [0.2, 0.25) is 11.7 Å². The lowest BCUT2D eigenvalue weighted by Gasteiger charge is -2.30. The first-order valence-corrected chi connectivity index (χ1v) is 10.8. The summed E-state index contributed by atoms with van der Waals surface area (Å²) in [6.07, 6.45) is -4.45. The van der Waals surface area contributed by atoms with Crippen molar-refractivity contribution < 1.29 is 37.0 Å². The Morgan fingerprint density at radius 1 is 1.17 bits per heavy atom. The molecule has 8 nitrogen and oxygen atoms in total. The van der Waals surface area contributed by atoms with E-state index in [9.17, 15) is 32.3 Å². The molecule has 0 radical (unpaired) electrons. The van der Waals surface area contributed by atoms with Crippen molar-refractivity contribution in [3.8, 4) is 11.1 Å². The third-order valence-corrected chi connectivity index (χ3v) is 5.44. The maximum absolute atomic E-state index is 14.4. The van der Waals surface area contributed by atoms with Crippen molar-refractivity contribution in [2.75, 3.05) is 0 Å². The molecule has 0 aliphatic carbocycles. The van der Waals surface area contributed by atoms with Gasteiger partial charge < -0.3 is 15.2 Å². The van der Waals surface area contributed by atoms with Crippen LogP contribution in [0.2, 0.25) is 0 Å². The minimum Gasteiger partial charge on any atom is -0.444 e. The van der Waals surface area contributed by atoms with Gasteiger partial charge in [-0.05, 0) is 45.4 Å². The van der Waals surface area contributed by atoms with Crippen molar-refractivity contribution in [3.05, 3.63) is 47.8 Å². The molecule has 3 rings (SSSR count). The number of likely N-dealkylation sites (tertiary alicyclic amines) is 1. The Morgan fingerprint density at radius 2 is 1.80 bits per heavy atom. The number of aromatic nitrogens is 2. The van der Waals surface area contributed by atoms with E-state index in [4.69, 9.17) is 4.74 Å². The number of nitrogens with zero attached hydrogens (tertiary/aromatic N) is 3. The summed E-state index contributed by atoms with van der Waals surface area (Å²) < 4.78 is 57.8. The number of benzene rings is 1. The van der Waals surface area contributed by atoms with Gasteiger partial charge in [-0.2, -0.15) is 13.2 Å². The fourth-order valence-corrected chi connectivity index (χ4v) is 3.66. The van der Waals surface area contributed by atoms with E-state index in [0.29, 0.717) is 5.56 Å². The fraction of sp³-hybridized carbons (Fsp3) is 0.478. The van der Waals surface area contributed by atoms with Crippen LogP contribution in [0.25, 0.3) is 11.1 Å². The summed E-state index contributed by atoms with van der Waals surface area (Å²) in [6.45, 7) is 6.36. The van der Waals surface area contributed by atoms with Crippen LogP contribution in [0.4, 0.5) is 22.4 Å². The lowest BCUT2D eigenvalue weighted by molar-refractivity contribution is -0.145. The van der Waals surface area contributed by atoms with Crippen molar-refractivity contribution in [3.63, 3.8) is 0 Å². The van der Waals surface area contributed by atoms with Crippen LogP contribution in [0, 0.1) is 5.82 Å². The third-order valence-electron chi connectivity index (χ3n) is 5.44. The minimum atomic E-state index is -4.69. The molecule has 35 heavy (non-hydrogen) atoms. The summed E-state index contributed by atoms with van der Waals surface area (Å²) in [5.74, 6) is -2.55. The molecule has 0 saturated carbocycles. The van der Waals surface area contributed by atoms with Gasteiger partial charge >= 0.3 is 12.3 Å². The zero-order valence-electron chi connectivity index (χ0n) is 19.6. The number of alkyl halides is 3. The van der Waals surface area contributed by atoms with Crippen LogP contribution in [0.3, 0.4) is 0 Å². The molecule has 1 saturated heterocycles. The lowest BCUT2D eigenvalue weighted by Crippen LogP contribution is -2.50. The quantitative estimate of drug-likeness (QED) is 0.624. The predicted octanol–water partition coefficient (Wildman–Crippen LogP) is 3.68. The molecule has 0 unspecified atom stereocenters. The molecule has 190 valence electrons. The highest BCUT2D eigenvalue weighted by molar-refractivity contribution is 5.86. The smallest absolute Gasteiger partial charge is 0.444 e. The number of amides is 2. The van der Waals surface area contributed by atoms with E-state index in [0.717, 1.165) is 23.4 Å². The molecule has 1 aliphatic heterocycles. The largest absolute Gasteiger partial charge is 0.451 e. The number of aliphatic hydroxyl groups is 1. The number of aliphatic hydroxyl groups excluding tert-OH is 1. The number of nitrogens with one attached hydrogen (secondary N) is 1. The lowest BCUT2D eigenvalue weighted by atomic mass is 10.0. The Bertz CT molecular complexity index is 1090. The molecule has 2 heterocycles. The third kappa shape index (κ3) is 6.24. The van der Waals surface area contributed by atoms with E-state index in [1.807, 2.05) is 0 Å². The van der Waals surface area contributed by atoms with Crippen molar-refractivity contribution >= 4 is 12.0 Å². The van der Waals surface area contributed by atoms with Crippen molar-refractivity contribution in [2.24, 2.45) is 0 Å². The molecule has 1 aromatic heterocycles. The van der Waals surface area contributed by atoms with Gasteiger partial charge in [-0.1, -0.05) is 6.07 Å². The molecular weight excluding hydrogens is 472 g/mol. The summed E-state index contributed by atoms with van der Waals surface area (Å²) in [5.41, 5.74) is -0.165. The molecule has 2 aromatic rings. The molecule has 12 heteroatoms. The fourth-order valence-electron chi connectivity index (χ4n) is 3.66. The molecular formula is C23H26F4N4O4. The number of ether oxygens (including phenoxy) is 1. The van der Waals surface area contributed by atoms with E-state index >= 15 is 0 Å². The number of hydrogen-bond acceptors (Lipinski definition) is 6. The van der Waals surface area contributed by atoms with Gasteiger partial charge in [0.05, 0.1) is 12.1 Å². The maximum atomic E-state index is 14.4. The minimum absolute atomic E-state index is 0.0162. The summed E-state index contributed by atoms with van der Waals surface area (Å²) >= 11 is 0. The normalized spacial score (nSPS) is 20.6. The molecule has 3 atom stereocenters. The first kappa shape index (κ1) is 26.3. The molecule has 1 aliphatic rings. The second-order valence-corrected chi connectivity index (χ2v) is 9.26. The second-order valence-electron chi connectivity index (χ2n) is 9.26. The van der Waals surface area contributed by atoms with Crippen LogP contribution in [0.5, 0.6) is 0 Å². The number of halogens is 4. The van der Waals surface area contributed by atoms with Crippen LogP contribution in [0.15, 0.2) is 30.6 Å². The standard InChI is InChI=1S/C23H26F4N4O4/c1-12-18(32)8-17(31(12)21(34)35-22(2,3)4)19(33)28-9-14-7-13(5-6-16(14)24)15-10-29-20(30-11-15)23(25,26)27/h5-7,10-12,17-18,32H,8-9H2,1-4H3,(H,28,33)/t12-,17-,18-/m0/s1. The molecule has 2 amide bonds. The number of hydrogen-bond donors (Lipinski definition) is 2.